The maximum absolute atomic E-state index is 13.1. The molecule has 0 saturated carbocycles. The highest BCUT2D eigenvalue weighted by atomic mass is 79.9. The lowest BCUT2D eigenvalue weighted by Gasteiger charge is -2.25. The topological polar surface area (TPSA) is 76.1 Å². The molecule has 36 heavy (non-hydrogen) atoms. The standard InChI is InChI=1S/C29H28BrNO5/c1-19-5-3-6-20(17-19)18-36-24-13-9-22(10-14-24)27(32)25-26(21-7-11-23(30)12-8-21)31(15-4-16-35-2)29(34)28(25)33/h3,5-14,17,26,32H,4,15-16,18H2,1-2H3. The molecule has 1 N–H and O–H groups in total. The van der Waals surface area contributed by atoms with Gasteiger partial charge in [-0.3, -0.25) is 9.59 Å². The van der Waals surface area contributed by atoms with Crippen LogP contribution in [-0.4, -0.2) is 42.0 Å². The van der Waals surface area contributed by atoms with E-state index in [1.54, 1.807) is 31.4 Å². The largest absolute Gasteiger partial charge is 0.507 e. The highest BCUT2D eigenvalue weighted by Crippen LogP contribution is 2.40. The number of carbonyl (C=O) groups excluding carboxylic acids is 2. The van der Waals surface area contributed by atoms with Gasteiger partial charge in [0.1, 0.15) is 18.1 Å². The number of Topliss-reactive ketones (excluding diaryl/α,β-unsaturated/α-hetero) is 1. The molecule has 1 unspecified atom stereocenters. The molecule has 0 bridgehead atoms. The molecule has 0 radical (unpaired) electrons. The van der Waals surface area contributed by atoms with Gasteiger partial charge < -0.3 is 19.5 Å². The number of aliphatic hydroxyl groups excluding tert-OH is 1. The van der Waals surface area contributed by atoms with Crippen molar-refractivity contribution >= 4 is 33.4 Å². The molecule has 3 aromatic carbocycles. The van der Waals surface area contributed by atoms with E-state index in [0.717, 1.165) is 21.2 Å². The van der Waals surface area contributed by atoms with Crippen molar-refractivity contribution in [3.05, 3.63) is 105 Å². The van der Waals surface area contributed by atoms with Crippen LogP contribution in [0.4, 0.5) is 0 Å². The van der Waals surface area contributed by atoms with Crippen LogP contribution in [0, 0.1) is 6.92 Å². The van der Waals surface area contributed by atoms with Gasteiger partial charge in [-0.05, 0) is 60.9 Å². The van der Waals surface area contributed by atoms with Crippen LogP contribution in [0.15, 0.2) is 82.8 Å². The van der Waals surface area contributed by atoms with Crippen molar-refractivity contribution in [2.45, 2.75) is 26.0 Å². The third kappa shape index (κ3) is 5.69. The summed E-state index contributed by atoms with van der Waals surface area (Å²) in [7, 11) is 1.59. The van der Waals surface area contributed by atoms with Crippen molar-refractivity contribution in [1.29, 1.82) is 0 Å². The Balaban J connectivity index is 1.62. The minimum Gasteiger partial charge on any atom is -0.507 e. The van der Waals surface area contributed by atoms with Gasteiger partial charge >= 0.3 is 0 Å². The van der Waals surface area contributed by atoms with Gasteiger partial charge in [-0.2, -0.15) is 0 Å². The molecule has 1 amide bonds. The summed E-state index contributed by atoms with van der Waals surface area (Å²) in [4.78, 5) is 27.6. The summed E-state index contributed by atoms with van der Waals surface area (Å²) in [6.45, 7) is 3.24. The Hall–Kier alpha value is -3.42. The van der Waals surface area contributed by atoms with Gasteiger partial charge in [0.25, 0.3) is 11.7 Å². The molecule has 1 aliphatic rings. The third-order valence-electron chi connectivity index (χ3n) is 6.09. The average Bonchev–Trinajstić information content (AvgIpc) is 3.13. The van der Waals surface area contributed by atoms with Crippen molar-refractivity contribution < 1.29 is 24.2 Å². The molecule has 0 spiro atoms. The molecule has 4 rings (SSSR count). The van der Waals surface area contributed by atoms with Crippen molar-refractivity contribution in [1.82, 2.24) is 4.90 Å². The van der Waals surface area contributed by atoms with Crippen molar-refractivity contribution in [3.63, 3.8) is 0 Å². The highest BCUT2D eigenvalue weighted by molar-refractivity contribution is 9.10. The summed E-state index contributed by atoms with van der Waals surface area (Å²) >= 11 is 3.43. The van der Waals surface area contributed by atoms with E-state index in [4.69, 9.17) is 9.47 Å². The Morgan fingerprint density at radius 2 is 1.75 bits per heavy atom. The fraction of sp³-hybridized carbons (Fsp3) is 0.241. The van der Waals surface area contributed by atoms with E-state index in [9.17, 15) is 14.7 Å². The van der Waals surface area contributed by atoms with Crippen molar-refractivity contribution in [3.8, 4) is 5.75 Å². The lowest BCUT2D eigenvalue weighted by Crippen LogP contribution is -2.31. The number of hydrogen-bond acceptors (Lipinski definition) is 5. The van der Waals surface area contributed by atoms with E-state index < -0.39 is 17.7 Å². The Morgan fingerprint density at radius 1 is 1.03 bits per heavy atom. The molecule has 1 atom stereocenters. The Kier molecular flexibility index (Phi) is 8.23. The number of hydrogen-bond donors (Lipinski definition) is 1. The Labute approximate surface area is 219 Å². The van der Waals surface area contributed by atoms with Crippen LogP contribution in [0.3, 0.4) is 0 Å². The number of ketones is 1. The Bertz CT molecular complexity index is 1270. The minimum absolute atomic E-state index is 0.0770. The maximum Gasteiger partial charge on any atom is 0.295 e. The first kappa shape index (κ1) is 25.7. The number of amides is 1. The molecular weight excluding hydrogens is 522 g/mol. The normalized spacial score (nSPS) is 17.0. The molecule has 1 heterocycles. The number of aliphatic hydroxyl groups is 1. The first-order valence-electron chi connectivity index (χ1n) is 11.7. The number of benzene rings is 3. The van der Waals surface area contributed by atoms with Crippen LogP contribution in [0.2, 0.25) is 0 Å². The number of aryl methyl sites for hydroxylation is 1. The number of likely N-dealkylation sites (tertiary alicyclic amines) is 1. The molecule has 1 aliphatic heterocycles. The predicted octanol–water partition coefficient (Wildman–Crippen LogP) is 5.79. The van der Waals surface area contributed by atoms with Gasteiger partial charge in [0, 0.05) is 30.3 Å². The molecule has 186 valence electrons. The van der Waals surface area contributed by atoms with Gasteiger partial charge in [0.2, 0.25) is 0 Å². The van der Waals surface area contributed by atoms with Gasteiger partial charge in [0.05, 0.1) is 11.6 Å². The maximum atomic E-state index is 13.1. The van der Waals surface area contributed by atoms with E-state index in [1.807, 2.05) is 49.4 Å². The second-order valence-corrected chi connectivity index (χ2v) is 9.61. The summed E-state index contributed by atoms with van der Waals surface area (Å²) in [5, 5.41) is 11.2. The summed E-state index contributed by atoms with van der Waals surface area (Å²) in [6.07, 6.45) is 0.573. The minimum atomic E-state index is -0.697. The summed E-state index contributed by atoms with van der Waals surface area (Å²) in [5.74, 6) is -0.894. The smallest absolute Gasteiger partial charge is 0.295 e. The molecule has 3 aromatic rings. The summed E-state index contributed by atoms with van der Waals surface area (Å²) < 4.78 is 11.9. The first-order valence-corrected chi connectivity index (χ1v) is 12.5. The van der Waals surface area contributed by atoms with Crippen LogP contribution >= 0.6 is 15.9 Å². The second-order valence-electron chi connectivity index (χ2n) is 8.69. The van der Waals surface area contributed by atoms with E-state index in [2.05, 4.69) is 22.0 Å². The van der Waals surface area contributed by atoms with Crippen molar-refractivity contribution in [2.75, 3.05) is 20.3 Å². The van der Waals surface area contributed by atoms with Crippen LogP contribution < -0.4 is 4.74 Å². The van der Waals surface area contributed by atoms with Crippen molar-refractivity contribution in [2.24, 2.45) is 0 Å². The number of carbonyl (C=O) groups is 2. The number of halogens is 1. The van der Waals surface area contributed by atoms with Gasteiger partial charge in [-0.15, -0.1) is 0 Å². The Morgan fingerprint density at radius 3 is 2.42 bits per heavy atom. The zero-order valence-corrected chi connectivity index (χ0v) is 21.8. The molecule has 7 heteroatoms. The third-order valence-corrected chi connectivity index (χ3v) is 6.62. The van der Waals surface area contributed by atoms with E-state index in [0.29, 0.717) is 37.5 Å². The zero-order chi connectivity index (χ0) is 25.7. The number of ether oxygens (including phenoxy) is 2. The molecular formula is C29H28BrNO5. The monoisotopic (exact) mass is 549 g/mol. The first-order chi connectivity index (χ1) is 17.4. The quantitative estimate of drug-likeness (QED) is 0.158. The average molecular weight is 550 g/mol. The molecule has 1 saturated heterocycles. The fourth-order valence-corrected chi connectivity index (χ4v) is 4.58. The zero-order valence-electron chi connectivity index (χ0n) is 20.2. The van der Waals surface area contributed by atoms with Gasteiger partial charge in [-0.25, -0.2) is 0 Å². The van der Waals surface area contributed by atoms with Crippen LogP contribution in [-0.2, 0) is 20.9 Å². The van der Waals surface area contributed by atoms with Gasteiger partial charge in [-0.1, -0.05) is 57.9 Å². The van der Waals surface area contributed by atoms with Crippen LogP contribution in [0.1, 0.15) is 34.7 Å². The molecule has 1 fully saturated rings. The number of nitrogens with zero attached hydrogens (tertiary/aromatic N) is 1. The number of rotatable bonds is 9. The van der Waals surface area contributed by atoms with E-state index in [1.165, 1.54) is 4.90 Å². The summed E-state index contributed by atoms with van der Waals surface area (Å²) in [6, 6.07) is 21.7. The SMILES string of the molecule is COCCCN1C(=O)C(=O)C(=C(O)c2ccc(OCc3cccc(C)c3)cc2)C1c1ccc(Br)cc1. The fourth-order valence-electron chi connectivity index (χ4n) is 4.31. The predicted molar refractivity (Wildman–Crippen MR) is 142 cm³/mol. The molecule has 6 nitrogen and oxygen atoms in total. The molecule has 0 aliphatic carbocycles. The van der Waals surface area contributed by atoms with Crippen LogP contribution in [0.25, 0.3) is 5.76 Å². The second kappa shape index (κ2) is 11.5. The molecule has 0 aromatic heterocycles. The lowest BCUT2D eigenvalue weighted by atomic mass is 9.95. The van der Waals surface area contributed by atoms with Crippen LogP contribution in [0.5, 0.6) is 5.75 Å². The van der Waals surface area contributed by atoms with E-state index in [-0.39, 0.29) is 11.3 Å². The lowest BCUT2D eigenvalue weighted by molar-refractivity contribution is -0.140. The van der Waals surface area contributed by atoms with E-state index >= 15 is 0 Å². The summed E-state index contributed by atoms with van der Waals surface area (Å²) in [5.41, 5.74) is 3.48. The highest BCUT2D eigenvalue weighted by Gasteiger charge is 2.45. The number of methoxy groups -OCH3 is 1. The van der Waals surface area contributed by atoms with Gasteiger partial charge in [0.15, 0.2) is 0 Å².